The number of aromatic amines is 1. The molecule has 20 heavy (non-hydrogen) atoms. The maximum absolute atomic E-state index is 12.5. The normalized spacial score (nSPS) is 21.9. The van der Waals surface area contributed by atoms with E-state index in [0.29, 0.717) is 18.8 Å². The maximum Gasteiger partial charge on any atom is 0.435 e. The smallest absolute Gasteiger partial charge is 0.341 e. The minimum atomic E-state index is -4.45. The monoisotopic (exact) mass is 290 g/mol. The Bertz CT molecular complexity index is 483. The Labute approximate surface area is 114 Å². The quantitative estimate of drug-likeness (QED) is 0.866. The van der Waals surface area contributed by atoms with Gasteiger partial charge in [-0.3, -0.25) is 9.89 Å². The molecule has 2 heterocycles. The molecule has 1 aliphatic heterocycles. The van der Waals surface area contributed by atoms with Gasteiger partial charge in [0.05, 0.1) is 6.04 Å². The SMILES string of the molecule is C[C@@H](N)C(=O)N1CCCC(c2cc(C(F)(F)F)n[nH]2)C1. The van der Waals surface area contributed by atoms with Gasteiger partial charge in [0.2, 0.25) is 5.91 Å². The number of aromatic nitrogens is 2. The fourth-order valence-electron chi connectivity index (χ4n) is 2.41. The summed E-state index contributed by atoms with van der Waals surface area (Å²) in [5, 5.41) is 5.72. The Morgan fingerprint density at radius 3 is 2.85 bits per heavy atom. The highest BCUT2D eigenvalue weighted by Crippen LogP contribution is 2.32. The van der Waals surface area contributed by atoms with Crippen LogP contribution in [0.4, 0.5) is 13.2 Å². The van der Waals surface area contributed by atoms with Crippen molar-refractivity contribution in [3.8, 4) is 0 Å². The highest BCUT2D eigenvalue weighted by Gasteiger charge is 2.35. The highest BCUT2D eigenvalue weighted by atomic mass is 19.4. The van der Waals surface area contributed by atoms with Gasteiger partial charge in [-0.25, -0.2) is 0 Å². The van der Waals surface area contributed by atoms with Gasteiger partial charge in [0.15, 0.2) is 5.69 Å². The summed E-state index contributed by atoms with van der Waals surface area (Å²) in [5.41, 5.74) is 5.04. The van der Waals surface area contributed by atoms with Gasteiger partial charge < -0.3 is 10.6 Å². The van der Waals surface area contributed by atoms with E-state index >= 15 is 0 Å². The van der Waals surface area contributed by atoms with Gasteiger partial charge in [0.1, 0.15) is 0 Å². The van der Waals surface area contributed by atoms with Crippen molar-refractivity contribution in [2.24, 2.45) is 5.73 Å². The van der Waals surface area contributed by atoms with Crippen LogP contribution in [0.5, 0.6) is 0 Å². The zero-order chi connectivity index (χ0) is 14.9. The molecular weight excluding hydrogens is 273 g/mol. The molecule has 5 nitrogen and oxygen atoms in total. The van der Waals surface area contributed by atoms with E-state index in [9.17, 15) is 18.0 Å². The van der Waals surface area contributed by atoms with E-state index in [2.05, 4.69) is 10.2 Å². The summed E-state index contributed by atoms with van der Waals surface area (Å²) in [7, 11) is 0. The third-order valence-corrected chi connectivity index (χ3v) is 3.45. The summed E-state index contributed by atoms with van der Waals surface area (Å²) in [6, 6.07) is 0.422. The molecule has 0 aliphatic carbocycles. The first-order valence-corrected chi connectivity index (χ1v) is 6.46. The fraction of sp³-hybridized carbons (Fsp3) is 0.667. The fourth-order valence-corrected chi connectivity index (χ4v) is 2.41. The van der Waals surface area contributed by atoms with E-state index in [0.717, 1.165) is 18.9 Å². The van der Waals surface area contributed by atoms with Crippen LogP contribution in [-0.2, 0) is 11.0 Å². The lowest BCUT2D eigenvalue weighted by atomic mass is 9.94. The second-order valence-corrected chi connectivity index (χ2v) is 5.12. The van der Waals surface area contributed by atoms with Crippen LogP contribution in [-0.4, -0.2) is 40.1 Å². The molecule has 1 unspecified atom stereocenters. The standard InChI is InChI=1S/C12H17F3N4O/c1-7(16)11(20)19-4-2-3-8(6-19)9-5-10(18-17-9)12(13,14)15/h5,7-8H,2-4,6,16H2,1H3,(H,17,18)/t7-,8?/m1/s1. The molecular formula is C12H17F3N4O. The number of nitrogens with zero attached hydrogens (tertiary/aromatic N) is 2. The van der Waals surface area contributed by atoms with Crippen LogP contribution in [0.25, 0.3) is 0 Å². The molecule has 0 saturated carbocycles. The van der Waals surface area contributed by atoms with E-state index in [4.69, 9.17) is 5.73 Å². The molecule has 1 aliphatic rings. The van der Waals surface area contributed by atoms with Gasteiger partial charge in [-0.05, 0) is 25.8 Å². The first-order chi connectivity index (χ1) is 9.29. The molecule has 2 rings (SSSR count). The predicted molar refractivity (Wildman–Crippen MR) is 65.8 cm³/mol. The zero-order valence-electron chi connectivity index (χ0n) is 11.1. The third kappa shape index (κ3) is 3.12. The first kappa shape index (κ1) is 14.8. The topological polar surface area (TPSA) is 75.0 Å². The molecule has 1 aromatic heterocycles. The van der Waals surface area contributed by atoms with Gasteiger partial charge in [0, 0.05) is 24.7 Å². The number of halogens is 3. The Balaban J connectivity index is 2.09. The Morgan fingerprint density at radius 2 is 2.30 bits per heavy atom. The number of nitrogens with two attached hydrogens (primary N) is 1. The lowest BCUT2D eigenvalue weighted by Crippen LogP contribution is -2.46. The van der Waals surface area contributed by atoms with Crippen molar-refractivity contribution in [1.29, 1.82) is 0 Å². The minimum Gasteiger partial charge on any atom is -0.341 e. The molecule has 112 valence electrons. The molecule has 0 aromatic carbocycles. The second kappa shape index (κ2) is 5.43. The van der Waals surface area contributed by atoms with Crippen LogP contribution in [0.3, 0.4) is 0 Å². The summed E-state index contributed by atoms with van der Waals surface area (Å²) in [6.07, 6.45) is -2.99. The number of likely N-dealkylation sites (tertiary alicyclic amines) is 1. The lowest BCUT2D eigenvalue weighted by Gasteiger charge is -2.33. The van der Waals surface area contributed by atoms with Crippen molar-refractivity contribution in [1.82, 2.24) is 15.1 Å². The van der Waals surface area contributed by atoms with Crippen molar-refractivity contribution in [2.45, 2.75) is 37.9 Å². The first-order valence-electron chi connectivity index (χ1n) is 6.46. The van der Waals surface area contributed by atoms with Gasteiger partial charge >= 0.3 is 6.18 Å². The van der Waals surface area contributed by atoms with Crippen LogP contribution >= 0.6 is 0 Å². The summed E-state index contributed by atoms with van der Waals surface area (Å²) in [6.45, 7) is 2.57. The molecule has 2 atom stereocenters. The van der Waals surface area contributed by atoms with Gasteiger partial charge in [-0.15, -0.1) is 0 Å². The van der Waals surface area contributed by atoms with Crippen molar-refractivity contribution in [3.63, 3.8) is 0 Å². The number of H-pyrrole nitrogens is 1. The number of alkyl halides is 3. The van der Waals surface area contributed by atoms with Crippen molar-refractivity contribution in [3.05, 3.63) is 17.5 Å². The van der Waals surface area contributed by atoms with Crippen molar-refractivity contribution >= 4 is 5.91 Å². The van der Waals surface area contributed by atoms with Crippen LogP contribution in [0, 0.1) is 0 Å². The van der Waals surface area contributed by atoms with E-state index in [1.54, 1.807) is 11.8 Å². The molecule has 8 heteroatoms. The predicted octanol–water partition coefficient (Wildman–Crippen LogP) is 1.48. The van der Waals surface area contributed by atoms with Crippen molar-refractivity contribution < 1.29 is 18.0 Å². The second-order valence-electron chi connectivity index (χ2n) is 5.12. The van der Waals surface area contributed by atoms with Gasteiger partial charge in [-0.1, -0.05) is 0 Å². The van der Waals surface area contributed by atoms with Crippen LogP contribution in [0.15, 0.2) is 6.07 Å². The van der Waals surface area contributed by atoms with Crippen LogP contribution in [0.1, 0.15) is 37.1 Å². The number of nitrogens with one attached hydrogen (secondary N) is 1. The van der Waals surface area contributed by atoms with E-state index in [1.165, 1.54) is 0 Å². The number of amides is 1. The molecule has 1 saturated heterocycles. The summed E-state index contributed by atoms with van der Waals surface area (Å²) < 4.78 is 37.5. The molecule has 0 spiro atoms. The molecule has 1 aromatic rings. The number of rotatable bonds is 2. The largest absolute Gasteiger partial charge is 0.435 e. The highest BCUT2D eigenvalue weighted by molar-refractivity contribution is 5.81. The Kier molecular flexibility index (Phi) is 4.03. The maximum atomic E-state index is 12.5. The zero-order valence-corrected chi connectivity index (χ0v) is 11.1. The molecule has 1 fully saturated rings. The minimum absolute atomic E-state index is 0.157. The summed E-state index contributed by atoms with van der Waals surface area (Å²) in [5.74, 6) is -0.333. The number of carbonyl (C=O) groups is 1. The van der Waals surface area contributed by atoms with E-state index < -0.39 is 17.9 Å². The number of piperidine rings is 1. The van der Waals surface area contributed by atoms with Crippen LogP contribution in [0.2, 0.25) is 0 Å². The van der Waals surface area contributed by atoms with Gasteiger partial charge in [-0.2, -0.15) is 18.3 Å². The van der Waals surface area contributed by atoms with E-state index in [1.807, 2.05) is 0 Å². The third-order valence-electron chi connectivity index (χ3n) is 3.45. The molecule has 0 radical (unpaired) electrons. The summed E-state index contributed by atoms with van der Waals surface area (Å²) >= 11 is 0. The summed E-state index contributed by atoms with van der Waals surface area (Å²) in [4.78, 5) is 13.4. The average molecular weight is 290 g/mol. The van der Waals surface area contributed by atoms with Crippen molar-refractivity contribution in [2.75, 3.05) is 13.1 Å². The van der Waals surface area contributed by atoms with Crippen LogP contribution < -0.4 is 5.73 Å². The van der Waals surface area contributed by atoms with E-state index in [-0.39, 0.29) is 11.8 Å². The number of carbonyl (C=O) groups excluding carboxylic acids is 1. The number of hydrogen-bond donors (Lipinski definition) is 2. The molecule has 3 N–H and O–H groups in total. The molecule has 0 bridgehead atoms. The average Bonchev–Trinajstić information content (AvgIpc) is 2.87. The lowest BCUT2D eigenvalue weighted by molar-refractivity contribution is -0.141. The Morgan fingerprint density at radius 1 is 1.60 bits per heavy atom. The molecule has 1 amide bonds. The number of hydrogen-bond acceptors (Lipinski definition) is 3. The Hall–Kier alpha value is -1.57. The van der Waals surface area contributed by atoms with Gasteiger partial charge in [0.25, 0.3) is 0 Å².